The van der Waals surface area contributed by atoms with Crippen LogP contribution < -0.4 is 11.1 Å². The quantitative estimate of drug-likeness (QED) is 0.426. The van der Waals surface area contributed by atoms with Gasteiger partial charge >= 0.3 is 0 Å². The summed E-state index contributed by atoms with van der Waals surface area (Å²) in [4.78, 5) is 19.3. The Hall–Kier alpha value is -2.92. The molecule has 4 N–H and O–H groups in total. The van der Waals surface area contributed by atoms with E-state index in [1.165, 1.54) is 18.2 Å². The first-order valence-corrected chi connectivity index (χ1v) is 12.2. The van der Waals surface area contributed by atoms with Gasteiger partial charge in [0.05, 0.1) is 30.0 Å². The number of aliphatic hydroxyl groups is 1. The van der Waals surface area contributed by atoms with Gasteiger partial charge in [-0.1, -0.05) is 13.0 Å². The van der Waals surface area contributed by atoms with E-state index < -0.39 is 23.5 Å². The fourth-order valence-corrected chi connectivity index (χ4v) is 5.09. The van der Waals surface area contributed by atoms with Crippen molar-refractivity contribution in [3.63, 3.8) is 0 Å². The summed E-state index contributed by atoms with van der Waals surface area (Å²) in [5.74, 6) is -2.19. The number of carbonyl (C=O) groups is 1. The van der Waals surface area contributed by atoms with E-state index in [0.29, 0.717) is 36.1 Å². The number of anilines is 2. The van der Waals surface area contributed by atoms with Gasteiger partial charge in [0.15, 0.2) is 0 Å². The van der Waals surface area contributed by atoms with Crippen LogP contribution in [-0.4, -0.2) is 53.3 Å². The second kappa shape index (κ2) is 10.8. The highest BCUT2D eigenvalue weighted by atomic mass is 32.1. The van der Waals surface area contributed by atoms with Gasteiger partial charge in [-0.2, -0.15) is 0 Å². The number of primary amides is 1. The van der Waals surface area contributed by atoms with Gasteiger partial charge in [0.1, 0.15) is 22.5 Å². The van der Waals surface area contributed by atoms with Crippen LogP contribution >= 0.6 is 11.3 Å². The number of ether oxygens (including phenoxy) is 1. The summed E-state index contributed by atoms with van der Waals surface area (Å²) in [6.45, 7) is 6.35. The minimum absolute atomic E-state index is 0.116. The van der Waals surface area contributed by atoms with Crippen molar-refractivity contribution >= 4 is 28.1 Å². The molecule has 1 aliphatic rings. The molecule has 4 rings (SSSR count). The van der Waals surface area contributed by atoms with E-state index >= 15 is 0 Å². The van der Waals surface area contributed by atoms with Crippen LogP contribution in [0.5, 0.6) is 0 Å². The molecule has 1 aromatic carbocycles. The first-order chi connectivity index (χ1) is 16.8. The monoisotopic (exact) mass is 502 g/mol. The number of hydrogen-bond acceptors (Lipinski definition) is 7. The van der Waals surface area contributed by atoms with E-state index in [9.17, 15) is 18.7 Å². The Morgan fingerprint density at radius 2 is 2.09 bits per heavy atom. The second-order valence-corrected chi connectivity index (χ2v) is 9.75. The van der Waals surface area contributed by atoms with Crippen molar-refractivity contribution < 1.29 is 23.4 Å². The molecule has 1 fully saturated rings. The molecule has 0 bridgehead atoms. The average molecular weight is 503 g/mol. The lowest BCUT2D eigenvalue weighted by Crippen LogP contribution is -2.43. The molecule has 0 spiro atoms. The first-order valence-electron chi connectivity index (χ1n) is 11.3. The van der Waals surface area contributed by atoms with Crippen molar-refractivity contribution in [2.24, 2.45) is 5.73 Å². The number of aliphatic hydroxyl groups excluding tert-OH is 1. The third-order valence-corrected chi connectivity index (χ3v) is 7.14. The van der Waals surface area contributed by atoms with Crippen LogP contribution in [0.3, 0.4) is 0 Å². The zero-order valence-corrected chi connectivity index (χ0v) is 20.4. The molecule has 1 aliphatic heterocycles. The standard InChI is InChI=1S/C25H28F2N4O3S/c1-14(12-32)16-8-19(26)23(20(27)9-16)21-10-18(24(28)33)25(35-21)30-22-5-3-4-17(29-22)11-31-6-7-34-13-15(31)2/h3-5,8-10,14-15,32H,6-7,11-13H2,1-2H3,(H2,28,33)(H,29,30)/t14?,15-/m1/s1. The van der Waals surface area contributed by atoms with Crippen LogP contribution in [0.25, 0.3) is 10.4 Å². The van der Waals surface area contributed by atoms with Gasteiger partial charge in [-0.15, -0.1) is 11.3 Å². The van der Waals surface area contributed by atoms with E-state index in [2.05, 4.69) is 22.1 Å². The highest BCUT2D eigenvalue weighted by Gasteiger charge is 2.22. The lowest BCUT2D eigenvalue weighted by atomic mass is 9.99. The van der Waals surface area contributed by atoms with E-state index in [-0.39, 0.29) is 28.7 Å². The van der Waals surface area contributed by atoms with Gasteiger partial charge in [0.25, 0.3) is 5.91 Å². The number of rotatable bonds is 8. The Kier molecular flexibility index (Phi) is 7.75. The molecule has 186 valence electrons. The van der Waals surface area contributed by atoms with Gasteiger partial charge in [0.2, 0.25) is 0 Å². The fraction of sp³-hybridized carbons (Fsp3) is 0.360. The average Bonchev–Trinajstić information content (AvgIpc) is 3.23. The number of hydrogen-bond donors (Lipinski definition) is 3. The van der Waals surface area contributed by atoms with Crippen molar-refractivity contribution in [1.82, 2.24) is 9.88 Å². The number of carbonyl (C=O) groups excluding carboxylic acids is 1. The van der Waals surface area contributed by atoms with Crippen LogP contribution in [0.4, 0.5) is 19.6 Å². The third kappa shape index (κ3) is 5.67. The molecule has 0 saturated carbocycles. The molecule has 0 radical (unpaired) electrons. The zero-order valence-electron chi connectivity index (χ0n) is 19.6. The number of nitrogens with two attached hydrogens (primary N) is 1. The largest absolute Gasteiger partial charge is 0.396 e. The van der Waals surface area contributed by atoms with Gasteiger partial charge < -0.3 is 20.9 Å². The maximum absolute atomic E-state index is 14.9. The number of thiophene rings is 1. The Balaban J connectivity index is 1.62. The van der Waals surface area contributed by atoms with E-state index in [1.54, 1.807) is 13.0 Å². The molecule has 10 heteroatoms. The first kappa shape index (κ1) is 25.2. The van der Waals surface area contributed by atoms with Gasteiger partial charge in [-0.3, -0.25) is 9.69 Å². The minimum atomic E-state index is -0.774. The topological polar surface area (TPSA) is 101 Å². The maximum atomic E-state index is 14.9. The lowest BCUT2D eigenvalue weighted by Gasteiger charge is -2.32. The number of morpholine rings is 1. The number of benzene rings is 1. The summed E-state index contributed by atoms with van der Waals surface area (Å²) < 4.78 is 35.3. The summed E-state index contributed by atoms with van der Waals surface area (Å²) in [5.41, 5.74) is 6.62. The van der Waals surface area contributed by atoms with Crippen LogP contribution in [0, 0.1) is 11.6 Å². The zero-order chi connectivity index (χ0) is 25.1. The Labute approximate surface area is 206 Å². The molecule has 7 nitrogen and oxygen atoms in total. The van der Waals surface area contributed by atoms with Gasteiger partial charge in [-0.25, -0.2) is 13.8 Å². The smallest absolute Gasteiger partial charge is 0.251 e. The summed E-state index contributed by atoms with van der Waals surface area (Å²) in [6.07, 6.45) is 0. The number of pyridine rings is 1. The number of nitrogens with one attached hydrogen (secondary N) is 1. The third-order valence-electron chi connectivity index (χ3n) is 6.07. The fourth-order valence-electron chi connectivity index (χ4n) is 3.97. The predicted octanol–water partition coefficient (Wildman–Crippen LogP) is 4.25. The van der Waals surface area contributed by atoms with E-state index in [1.807, 2.05) is 12.1 Å². The maximum Gasteiger partial charge on any atom is 0.251 e. The Morgan fingerprint density at radius 3 is 2.74 bits per heavy atom. The van der Waals surface area contributed by atoms with Crippen LogP contribution in [0.1, 0.15) is 41.4 Å². The van der Waals surface area contributed by atoms with Crippen LogP contribution in [0.2, 0.25) is 0 Å². The summed E-state index contributed by atoms with van der Waals surface area (Å²) >= 11 is 1.02. The number of halogens is 2. The van der Waals surface area contributed by atoms with E-state index in [0.717, 1.165) is 23.6 Å². The molecular weight excluding hydrogens is 474 g/mol. The summed E-state index contributed by atoms with van der Waals surface area (Å²) in [7, 11) is 0. The summed E-state index contributed by atoms with van der Waals surface area (Å²) in [5, 5.41) is 12.8. The molecule has 3 aromatic rings. The van der Waals surface area contributed by atoms with Gasteiger partial charge in [0, 0.05) is 36.5 Å². The number of amides is 1. The minimum Gasteiger partial charge on any atom is -0.396 e. The molecule has 2 atom stereocenters. The molecular formula is C25H28F2N4O3S. The lowest BCUT2D eigenvalue weighted by molar-refractivity contribution is -0.00488. The Morgan fingerprint density at radius 1 is 1.34 bits per heavy atom. The predicted molar refractivity (Wildman–Crippen MR) is 132 cm³/mol. The van der Waals surface area contributed by atoms with Crippen LogP contribution in [0.15, 0.2) is 36.4 Å². The van der Waals surface area contributed by atoms with Gasteiger partial charge in [-0.05, 0) is 42.8 Å². The SMILES string of the molecule is CC(CO)c1cc(F)c(-c2cc(C(N)=O)c(Nc3cccc(CN4CCOC[C@H]4C)n3)s2)c(F)c1. The van der Waals surface area contributed by atoms with Crippen molar-refractivity contribution in [3.05, 3.63) is 64.9 Å². The van der Waals surface area contributed by atoms with E-state index in [4.69, 9.17) is 10.5 Å². The molecule has 3 heterocycles. The molecule has 35 heavy (non-hydrogen) atoms. The van der Waals surface area contributed by atoms with Crippen molar-refractivity contribution in [2.75, 3.05) is 31.7 Å². The van der Waals surface area contributed by atoms with Crippen molar-refractivity contribution in [2.45, 2.75) is 32.4 Å². The van der Waals surface area contributed by atoms with Crippen molar-refractivity contribution in [3.8, 4) is 10.4 Å². The normalized spacial score (nSPS) is 17.3. The second-order valence-electron chi connectivity index (χ2n) is 8.69. The number of nitrogens with zero attached hydrogens (tertiary/aromatic N) is 2. The Bertz CT molecular complexity index is 1200. The van der Waals surface area contributed by atoms with Crippen molar-refractivity contribution in [1.29, 1.82) is 0 Å². The van der Waals surface area contributed by atoms with Crippen LogP contribution in [-0.2, 0) is 11.3 Å². The molecule has 2 aromatic heterocycles. The summed E-state index contributed by atoms with van der Waals surface area (Å²) in [6, 6.07) is 9.59. The number of aromatic nitrogens is 1. The highest BCUT2D eigenvalue weighted by molar-refractivity contribution is 7.20. The molecule has 1 saturated heterocycles. The molecule has 0 aliphatic carbocycles. The molecule has 1 amide bonds. The highest BCUT2D eigenvalue weighted by Crippen LogP contribution is 2.39. The molecule has 1 unspecified atom stereocenters.